The van der Waals surface area contributed by atoms with E-state index in [2.05, 4.69) is 10.2 Å². The molecule has 0 bridgehead atoms. The van der Waals surface area contributed by atoms with Crippen molar-refractivity contribution in [2.24, 2.45) is 11.8 Å². The zero-order valence-corrected chi connectivity index (χ0v) is 25.5. The molecule has 1 N–H and O–H groups in total. The minimum absolute atomic E-state index is 0. The molecule has 1 spiro atoms. The number of nitrogens with zero attached hydrogens (tertiary/aromatic N) is 3. The molecule has 2 aliphatic carbocycles. The van der Waals surface area contributed by atoms with Crippen LogP contribution in [0.1, 0.15) is 85.1 Å². The Balaban J connectivity index is 0.00000300. The standard InChI is InChI=1S/C35H31Cl2FN4O2.CH4/c36-21-10-12-24-27(15-21)39-34(44)35(24)31(23-5-2-6-25(37)32(23)38)33-29(41(35)17-19-3-1-4-19)16-28-22-11-9-20(14-26(22)40-42(28)33)30(43)13-18-7-8-18;/h2,5-6,9-12,14-15,18-19,29,31,33H,1,3-4,7-8,13,16-17H2,(H,39,44);1H4/t29-,31-,33+,35+;/m0./s1. The predicted molar refractivity (Wildman–Crippen MR) is 175 cm³/mol. The molecule has 3 aromatic carbocycles. The number of carbonyl (C=O) groups is 2. The van der Waals surface area contributed by atoms with Gasteiger partial charge in [0.05, 0.1) is 16.6 Å². The van der Waals surface area contributed by atoms with Crippen molar-refractivity contribution >= 4 is 51.5 Å². The lowest BCUT2D eigenvalue weighted by atomic mass is 9.73. The Kier molecular flexibility index (Phi) is 6.73. The average Bonchev–Trinajstić information content (AvgIpc) is 3.40. The summed E-state index contributed by atoms with van der Waals surface area (Å²) < 4.78 is 18.3. The highest BCUT2D eigenvalue weighted by atomic mass is 35.5. The molecular weight excluding hydrogens is 610 g/mol. The largest absolute Gasteiger partial charge is 0.324 e. The van der Waals surface area contributed by atoms with E-state index in [9.17, 15) is 9.59 Å². The number of benzene rings is 3. The second kappa shape index (κ2) is 10.4. The van der Waals surface area contributed by atoms with Crippen LogP contribution in [0.25, 0.3) is 10.9 Å². The zero-order valence-electron chi connectivity index (χ0n) is 24.0. The zero-order chi connectivity index (χ0) is 29.9. The summed E-state index contributed by atoms with van der Waals surface area (Å²) in [6, 6.07) is 16.1. The van der Waals surface area contributed by atoms with Gasteiger partial charge in [0.1, 0.15) is 11.4 Å². The summed E-state index contributed by atoms with van der Waals surface area (Å²) in [5.41, 5.74) is 3.23. The van der Waals surface area contributed by atoms with Crippen LogP contribution in [0.2, 0.25) is 10.0 Å². The fourth-order valence-corrected chi connectivity index (χ4v) is 8.95. The van der Waals surface area contributed by atoms with Crippen LogP contribution in [0.4, 0.5) is 10.1 Å². The number of hydrogen-bond acceptors (Lipinski definition) is 4. The number of hydrogen-bond donors (Lipinski definition) is 1. The normalized spacial score (nSPS) is 26.8. The molecule has 0 radical (unpaired) electrons. The summed E-state index contributed by atoms with van der Waals surface area (Å²) in [6.07, 6.45) is 6.90. The topological polar surface area (TPSA) is 67.2 Å². The lowest BCUT2D eigenvalue weighted by molar-refractivity contribution is -0.128. The van der Waals surface area contributed by atoms with Crippen LogP contribution < -0.4 is 5.32 Å². The number of fused-ring (bicyclic) bond motifs is 7. The van der Waals surface area contributed by atoms with Crippen LogP contribution in [0.3, 0.4) is 0 Å². The lowest BCUT2D eigenvalue weighted by Gasteiger charge is -2.43. The van der Waals surface area contributed by atoms with Gasteiger partial charge >= 0.3 is 0 Å². The number of anilines is 1. The van der Waals surface area contributed by atoms with Crippen LogP contribution in [-0.4, -0.2) is 39.0 Å². The molecule has 1 aromatic heterocycles. The molecule has 4 aromatic rings. The Morgan fingerprint density at radius 2 is 1.87 bits per heavy atom. The summed E-state index contributed by atoms with van der Waals surface area (Å²) in [5.74, 6) is -0.158. The van der Waals surface area contributed by atoms with E-state index in [1.165, 1.54) is 6.42 Å². The lowest BCUT2D eigenvalue weighted by Crippen LogP contribution is -2.54. The number of ketones is 1. The SMILES string of the molecule is C.O=C(CC1CC1)c1ccc2c3n(nc2c1)[C@@H]1[C@H](C3)N(CC2CCC2)[C@@]2(C(=O)Nc3cc(Cl)ccc32)[C@H]1c1cccc(Cl)c1F. The number of nitrogens with one attached hydrogen (secondary N) is 1. The molecule has 2 saturated carbocycles. The number of amides is 1. The van der Waals surface area contributed by atoms with Crippen molar-refractivity contribution in [3.8, 4) is 0 Å². The molecule has 4 atom stereocenters. The molecule has 1 amide bonds. The number of carbonyl (C=O) groups excluding carboxylic acids is 2. The maximum atomic E-state index is 16.2. The third-order valence-electron chi connectivity index (χ3n) is 11.0. The van der Waals surface area contributed by atoms with Crippen LogP contribution in [0.15, 0.2) is 54.6 Å². The van der Waals surface area contributed by atoms with Crippen LogP contribution in [0, 0.1) is 17.7 Å². The van der Waals surface area contributed by atoms with Gasteiger partial charge in [-0.05, 0) is 67.3 Å². The molecule has 232 valence electrons. The molecule has 0 unspecified atom stereocenters. The molecule has 4 heterocycles. The smallest absolute Gasteiger partial charge is 0.250 e. The Labute approximate surface area is 271 Å². The summed E-state index contributed by atoms with van der Waals surface area (Å²) in [4.78, 5) is 29.9. The minimum atomic E-state index is -1.17. The average molecular weight is 646 g/mol. The number of rotatable bonds is 6. The van der Waals surface area contributed by atoms with Crippen molar-refractivity contribution in [2.75, 3.05) is 11.9 Å². The number of likely N-dealkylation sites (tertiary alicyclic amines) is 1. The number of aromatic nitrogens is 2. The molecular formula is C36H35Cl2FN4O2. The van der Waals surface area contributed by atoms with Crippen LogP contribution in [-0.2, 0) is 16.8 Å². The first-order valence-corrected chi connectivity index (χ1v) is 16.5. The summed E-state index contributed by atoms with van der Waals surface area (Å²) in [7, 11) is 0. The molecule has 9 rings (SSSR count). The Hall–Kier alpha value is -3.26. The molecule has 1 saturated heterocycles. The maximum Gasteiger partial charge on any atom is 0.250 e. The summed E-state index contributed by atoms with van der Waals surface area (Å²) in [6.45, 7) is 0.734. The van der Waals surface area contributed by atoms with Gasteiger partial charge in [-0.1, -0.05) is 67.4 Å². The Morgan fingerprint density at radius 3 is 2.62 bits per heavy atom. The predicted octanol–water partition coefficient (Wildman–Crippen LogP) is 8.31. The minimum Gasteiger partial charge on any atom is -0.324 e. The monoisotopic (exact) mass is 644 g/mol. The van der Waals surface area contributed by atoms with E-state index in [0.29, 0.717) is 46.5 Å². The third-order valence-corrected chi connectivity index (χ3v) is 11.5. The first-order chi connectivity index (χ1) is 21.3. The quantitative estimate of drug-likeness (QED) is 0.214. The van der Waals surface area contributed by atoms with Crippen molar-refractivity contribution in [2.45, 2.75) is 75.9 Å². The van der Waals surface area contributed by atoms with E-state index in [-0.39, 0.29) is 36.2 Å². The van der Waals surface area contributed by atoms with Gasteiger partial charge in [-0.3, -0.25) is 19.2 Å². The summed E-state index contributed by atoms with van der Waals surface area (Å²) >= 11 is 12.8. The third kappa shape index (κ3) is 4.13. The van der Waals surface area contributed by atoms with Gasteiger partial charge in [0, 0.05) is 64.3 Å². The van der Waals surface area contributed by atoms with Crippen molar-refractivity contribution in [1.82, 2.24) is 14.7 Å². The highest BCUT2D eigenvalue weighted by Crippen LogP contribution is 2.64. The molecule has 45 heavy (non-hydrogen) atoms. The van der Waals surface area contributed by atoms with Crippen molar-refractivity contribution in [1.29, 1.82) is 0 Å². The van der Waals surface area contributed by atoms with Gasteiger partial charge in [-0.2, -0.15) is 5.10 Å². The highest BCUT2D eigenvalue weighted by molar-refractivity contribution is 6.31. The van der Waals surface area contributed by atoms with Gasteiger partial charge in [-0.15, -0.1) is 0 Å². The second-order valence-corrected chi connectivity index (χ2v) is 14.3. The van der Waals surface area contributed by atoms with E-state index in [1.54, 1.807) is 24.3 Å². The number of halogens is 3. The fraction of sp³-hybridized carbons (Fsp3) is 0.417. The van der Waals surface area contributed by atoms with Crippen LogP contribution in [0.5, 0.6) is 0 Å². The van der Waals surface area contributed by atoms with Gasteiger partial charge < -0.3 is 5.32 Å². The first kappa shape index (κ1) is 29.2. The summed E-state index contributed by atoms with van der Waals surface area (Å²) in [5, 5.41) is 9.84. The molecule has 3 aliphatic heterocycles. The molecule has 6 nitrogen and oxygen atoms in total. The van der Waals surface area contributed by atoms with Crippen molar-refractivity contribution in [3.05, 3.63) is 92.8 Å². The molecule has 3 fully saturated rings. The number of Topliss-reactive ketones (excluding diaryl/α,β-unsaturated/α-hetero) is 1. The maximum absolute atomic E-state index is 16.2. The fourth-order valence-electron chi connectivity index (χ4n) is 8.60. The van der Waals surface area contributed by atoms with Gasteiger partial charge in [0.15, 0.2) is 5.78 Å². The second-order valence-electron chi connectivity index (χ2n) is 13.4. The Bertz CT molecular complexity index is 1900. The van der Waals surface area contributed by atoms with Gasteiger partial charge in [0.2, 0.25) is 5.91 Å². The van der Waals surface area contributed by atoms with E-state index in [4.69, 9.17) is 28.3 Å². The van der Waals surface area contributed by atoms with E-state index in [0.717, 1.165) is 54.4 Å². The van der Waals surface area contributed by atoms with Gasteiger partial charge in [0.25, 0.3) is 0 Å². The molecule has 9 heteroatoms. The Morgan fingerprint density at radius 1 is 1.04 bits per heavy atom. The highest BCUT2D eigenvalue weighted by Gasteiger charge is 2.69. The molecule has 5 aliphatic rings. The van der Waals surface area contributed by atoms with E-state index in [1.807, 2.05) is 35.0 Å². The first-order valence-electron chi connectivity index (χ1n) is 15.7. The van der Waals surface area contributed by atoms with Crippen molar-refractivity contribution in [3.63, 3.8) is 0 Å². The van der Waals surface area contributed by atoms with Crippen LogP contribution >= 0.6 is 23.2 Å². The van der Waals surface area contributed by atoms with E-state index < -0.39 is 17.3 Å². The van der Waals surface area contributed by atoms with Crippen molar-refractivity contribution < 1.29 is 14.0 Å². The van der Waals surface area contributed by atoms with Gasteiger partial charge in [-0.25, -0.2) is 4.39 Å². The van der Waals surface area contributed by atoms with E-state index >= 15 is 4.39 Å².